The predicted molar refractivity (Wildman–Crippen MR) is 116 cm³/mol. The summed E-state index contributed by atoms with van der Waals surface area (Å²) in [4.78, 5) is 9.96. The van der Waals surface area contributed by atoms with E-state index < -0.39 is 0 Å². The van der Waals surface area contributed by atoms with Gasteiger partial charge >= 0.3 is 55.3 Å². The van der Waals surface area contributed by atoms with Crippen molar-refractivity contribution < 1.29 is 80.2 Å². The van der Waals surface area contributed by atoms with Crippen LogP contribution in [0.25, 0.3) is 0 Å². The second kappa shape index (κ2) is 16.7. The maximum atomic E-state index is 4.98. The van der Waals surface area contributed by atoms with Crippen LogP contribution in [0, 0.1) is 24.0 Å². The first kappa shape index (κ1) is 31.1. The molecule has 0 bridgehead atoms. The standard InChI is InChI=1S/C26H22N2.2ClH.2Hg/c1-3-15-23(16-4-1)25(27-19-21-11-7-8-12-21)26(24-17-5-2-6-18-24)28-20-22-13-9-10-14-22;;;;/h1-11,13,15-22,25-26H;2*1H;;/q;;;2*+1/p-2/t21?,22?,25-,26-;;;;/m1..../s1. The Morgan fingerprint density at radius 1 is 0.750 bits per heavy atom. The van der Waals surface area contributed by atoms with Crippen molar-refractivity contribution in [3.8, 4) is 0 Å². The molecule has 2 unspecified atom stereocenters. The van der Waals surface area contributed by atoms with E-state index in [4.69, 9.17) is 9.98 Å². The minimum Gasteiger partial charge on any atom is -1.00 e. The summed E-state index contributed by atoms with van der Waals surface area (Å²) in [5.41, 5.74) is 2.30. The molecule has 0 aromatic heterocycles. The van der Waals surface area contributed by atoms with Gasteiger partial charge in [0.25, 0.3) is 0 Å². The summed E-state index contributed by atoms with van der Waals surface area (Å²) in [7, 11) is 0. The van der Waals surface area contributed by atoms with Crippen molar-refractivity contribution in [3.63, 3.8) is 0 Å². The van der Waals surface area contributed by atoms with Gasteiger partial charge in [-0.1, -0.05) is 66.6 Å². The Labute approximate surface area is 244 Å². The maximum Gasteiger partial charge on any atom is 1.00 e. The summed E-state index contributed by atoms with van der Waals surface area (Å²) in [6.45, 7) is 0. The molecular formula is C26H22Cl2Hg2N2. The van der Waals surface area contributed by atoms with Crippen LogP contribution in [-0.2, 0) is 55.3 Å². The van der Waals surface area contributed by atoms with Crippen LogP contribution >= 0.6 is 0 Å². The molecule has 0 aliphatic heterocycles. The van der Waals surface area contributed by atoms with Crippen molar-refractivity contribution >= 4 is 12.4 Å². The number of rotatable bonds is 7. The largest absolute Gasteiger partial charge is 1.00 e. The molecule has 0 spiro atoms. The third kappa shape index (κ3) is 8.80. The smallest absolute Gasteiger partial charge is 1.00 e. The van der Waals surface area contributed by atoms with Gasteiger partial charge in [0.05, 0.1) is 12.2 Å². The average molecular weight is 835 g/mol. The summed E-state index contributed by atoms with van der Waals surface area (Å²) in [5.74, 6) is 0.251. The Morgan fingerprint density at radius 3 is 1.78 bits per heavy atom. The van der Waals surface area contributed by atoms with Crippen molar-refractivity contribution in [2.75, 3.05) is 0 Å². The molecule has 2 aliphatic rings. The first-order chi connectivity index (χ1) is 13.9. The summed E-state index contributed by atoms with van der Waals surface area (Å²) in [6.07, 6.45) is 22.6. The molecular weight excluding hydrogens is 812 g/mol. The molecule has 0 heterocycles. The van der Waals surface area contributed by atoms with Gasteiger partial charge in [0, 0.05) is 12.3 Å². The molecule has 2 aromatic carbocycles. The molecule has 0 fully saturated rings. The van der Waals surface area contributed by atoms with Crippen LogP contribution < -0.4 is 24.8 Å². The van der Waals surface area contributed by atoms with Gasteiger partial charge in [0.15, 0.2) is 12.0 Å². The quantitative estimate of drug-likeness (QED) is 0.209. The van der Waals surface area contributed by atoms with Gasteiger partial charge in [-0.15, -0.1) is 0 Å². The van der Waals surface area contributed by atoms with Gasteiger partial charge in [-0.3, -0.25) is 16.1 Å². The monoisotopic (exact) mass is 836 g/mol. The van der Waals surface area contributed by atoms with E-state index in [9.17, 15) is 0 Å². The zero-order chi connectivity index (χ0) is 19.0. The topological polar surface area (TPSA) is 24.7 Å². The number of nitrogens with zero attached hydrogens (tertiary/aromatic N) is 2. The number of benzene rings is 2. The fourth-order valence-electron chi connectivity index (χ4n) is 3.35. The van der Waals surface area contributed by atoms with Gasteiger partial charge in [-0.25, -0.2) is 12.2 Å². The fourth-order valence-corrected chi connectivity index (χ4v) is 3.35. The van der Waals surface area contributed by atoms with E-state index >= 15 is 0 Å². The molecule has 154 valence electrons. The third-order valence-corrected chi connectivity index (χ3v) is 4.80. The van der Waals surface area contributed by atoms with Crippen molar-refractivity contribution in [3.05, 3.63) is 120 Å². The first-order valence-electron chi connectivity index (χ1n) is 9.59. The molecule has 2 radical (unpaired) electrons. The maximum absolute atomic E-state index is 4.98. The van der Waals surface area contributed by atoms with Crippen LogP contribution in [0.3, 0.4) is 0 Å². The van der Waals surface area contributed by atoms with E-state index in [1.807, 2.05) is 48.9 Å². The first-order valence-corrected chi connectivity index (χ1v) is 9.59. The molecule has 2 aliphatic carbocycles. The van der Waals surface area contributed by atoms with E-state index in [1.54, 1.807) is 0 Å². The van der Waals surface area contributed by atoms with E-state index in [2.05, 4.69) is 72.8 Å². The van der Waals surface area contributed by atoms with E-state index in [-0.39, 0.29) is 104 Å². The molecule has 6 heteroatoms. The average Bonchev–Trinajstić information content (AvgIpc) is 3.46. The number of allylic oxidation sites excluding steroid dienone is 8. The molecule has 2 nitrogen and oxygen atoms in total. The minimum atomic E-state index is -0.106. The molecule has 2 aromatic rings. The second-order valence-electron chi connectivity index (χ2n) is 6.80. The number of hydrogen-bond acceptors (Lipinski definition) is 2. The van der Waals surface area contributed by atoms with Crippen LogP contribution in [0.4, 0.5) is 0 Å². The van der Waals surface area contributed by atoms with Crippen LogP contribution in [0.5, 0.6) is 0 Å². The Morgan fingerprint density at radius 2 is 1.31 bits per heavy atom. The van der Waals surface area contributed by atoms with Gasteiger partial charge in [-0.05, 0) is 17.3 Å². The summed E-state index contributed by atoms with van der Waals surface area (Å²) >= 11 is 0. The van der Waals surface area contributed by atoms with E-state index in [0.717, 1.165) is 11.1 Å². The predicted octanol–water partition coefficient (Wildman–Crippen LogP) is -0.296. The summed E-state index contributed by atoms with van der Waals surface area (Å²) in [5, 5.41) is 0. The molecule has 4 rings (SSSR count). The Kier molecular flexibility index (Phi) is 16.2. The molecule has 0 saturated heterocycles. The van der Waals surface area contributed by atoms with Crippen molar-refractivity contribution in [1.82, 2.24) is 0 Å². The number of hydrogen-bond donors (Lipinski definition) is 0. The number of aliphatic imine (C=N–C) groups is 2. The minimum absolute atomic E-state index is 0. The normalized spacial score (nSPS) is 19.5. The Bertz CT molecular complexity index is 851. The van der Waals surface area contributed by atoms with Gasteiger partial charge < -0.3 is 24.8 Å². The van der Waals surface area contributed by atoms with Gasteiger partial charge in [0.2, 0.25) is 0 Å². The van der Waals surface area contributed by atoms with Gasteiger partial charge in [-0.2, -0.15) is 6.08 Å². The fraction of sp³-hybridized carbons (Fsp3) is 0.154. The SMILES string of the molecule is [C+]1=CC=CC1C=N[C@H](c1ccccc1)[C@H](N=CC1[C-]=CC=C1)c1ccccc1.[Cl-].[Cl-].[Hg+].[Hg+]. The summed E-state index contributed by atoms with van der Waals surface area (Å²) < 4.78 is 0. The van der Waals surface area contributed by atoms with Crippen LogP contribution in [-0.4, -0.2) is 12.4 Å². The molecule has 0 saturated carbocycles. The second-order valence-corrected chi connectivity index (χ2v) is 6.80. The van der Waals surface area contributed by atoms with Crippen LogP contribution in [0.1, 0.15) is 23.2 Å². The van der Waals surface area contributed by atoms with E-state index in [0.29, 0.717) is 0 Å². The number of halogens is 2. The van der Waals surface area contributed by atoms with Crippen molar-refractivity contribution in [1.29, 1.82) is 0 Å². The zero-order valence-corrected chi connectivity index (χ0v) is 30.3. The molecule has 0 N–H and O–H groups in total. The molecule has 32 heavy (non-hydrogen) atoms. The zero-order valence-electron chi connectivity index (χ0n) is 17.8. The van der Waals surface area contributed by atoms with Crippen LogP contribution in [0.2, 0.25) is 0 Å². The Hall–Kier alpha value is -0.900. The van der Waals surface area contributed by atoms with E-state index in [1.165, 1.54) is 0 Å². The third-order valence-electron chi connectivity index (χ3n) is 4.80. The summed E-state index contributed by atoms with van der Waals surface area (Å²) in [6, 6.07) is 20.6. The van der Waals surface area contributed by atoms with Gasteiger partial charge in [0.1, 0.15) is 12.1 Å². The molecule has 4 atom stereocenters. The molecule has 0 amide bonds. The van der Waals surface area contributed by atoms with Crippen LogP contribution in [0.15, 0.2) is 107 Å². The van der Waals surface area contributed by atoms with Crippen molar-refractivity contribution in [2.45, 2.75) is 12.1 Å². The van der Waals surface area contributed by atoms with Crippen molar-refractivity contribution in [2.24, 2.45) is 21.8 Å². The Balaban J connectivity index is 0.00000240.